The minimum atomic E-state index is 0. The van der Waals surface area contributed by atoms with Gasteiger partial charge in [0.25, 0.3) is 0 Å². The predicted octanol–water partition coefficient (Wildman–Crippen LogP) is 1.38. The maximum absolute atomic E-state index is 5.96. The molecule has 2 aliphatic rings. The molecule has 3 atom stereocenters. The Labute approximate surface area is 80.9 Å². The van der Waals surface area contributed by atoms with E-state index in [0.717, 1.165) is 12.1 Å². The highest BCUT2D eigenvalue weighted by Crippen LogP contribution is 2.31. The molecule has 0 aliphatic carbocycles. The van der Waals surface area contributed by atoms with E-state index in [1.807, 2.05) is 0 Å². The molecule has 2 rings (SSSR count). The Bertz CT molecular complexity index is 137. The van der Waals surface area contributed by atoms with Crippen LogP contribution in [0.15, 0.2) is 0 Å². The quantitative estimate of drug-likeness (QED) is 0.626. The highest BCUT2D eigenvalue weighted by atomic mass is 35.5. The van der Waals surface area contributed by atoms with Gasteiger partial charge in [0.1, 0.15) is 0 Å². The zero-order chi connectivity index (χ0) is 7.84. The summed E-state index contributed by atoms with van der Waals surface area (Å²) in [5, 5.41) is 0. The molecule has 12 heavy (non-hydrogen) atoms. The number of rotatable bonds is 0. The first-order chi connectivity index (χ1) is 5.27. The van der Waals surface area contributed by atoms with Crippen LogP contribution in [-0.2, 0) is 0 Å². The lowest BCUT2D eigenvalue weighted by Crippen LogP contribution is -2.53. The van der Waals surface area contributed by atoms with Crippen LogP contribution in [0, 0.1) is 0 Å². The Balaban J connectivity index is 0.000000720. The lowest BCUT2D eigenvalue weighted by molar-refractivity contribution is 0.0570. The topological polar surface area (TPSA) is 29.3 Å². The molecule has 2 N–H and O–H groups in total. The molecule has 0 aromatic rings. The first-order valence-electron chi connectivity index (χ1n) is 4.75. The van der Waals surface area contributed by atoms with E-state index in [1.165, 1.54) is 32.1 Å². The van der Waals surface area contributed by atoms with Crippen molar-refractivity contribution in [3.8, 4) is 0 Å². The minimum Gasteiger partial charge on any atom is -0.328 e. The second-order valence-electron chi connectivity index (χ2n) is 4.14. The van der Waals surface area contributed by atoms with Crippen LogP contribution < -0.4 is 5.73 Å². The lowest BCUT2D eigenvalue weighted by atomic mass is 9.83. The van der Waals surface area contributed by atoms with Crippen LogP contribution in [0.25, 0.3) is 0 Å². The minimum absolute atomic E-state index is 0. The maximum atomic E-state index is 5.96. The zero-order valence-electron chi connectivity index (χ0n) is 7.70. The number of nitrogens with two attached hydrogens (primary N) is 1. The van der Waals surface area contributed by atoms with Gasteiger partial charge in [0.15, 0.2) is 0 Å². The Morgan fingerprint density at radius 1 is 1.17 bits per heavy atom. The Kier molecular flexibility index (Phi) is 3.38. The van der Waals surface area contributed by atoms with Crippen LogP contribution in [0.5, 0.6) is 0 Å². The van der Waals surface area contributed by atoms with E-state index in [1.54, 1.807) is 0 Å². The van der Waals surface area contributed by atoms with Crippen LogP contribution in [0.4, 0.5) is 0 Å². The van der Waals surface area contributed by atoms with Crippen LogP contribution in [0.1, 0.15) is 32.1 Å². The summed E-state index contributed by atoms with van der Waals surface area (Å²) in [4.78, 5) is 2.55. The monoisotopic (exact) mass is 190 g/mol. The molecule has 72 valence electrons. The van der Waals surface area contributed by atoms with Crippen LogP contribution in [-0.4, -0.2) is 30.1 Å². The van der Waals surface area contributed by atoms with Gasteiger partial charge in [0.2, 0.25) is 0 Å². The fourth-order valence-corrected chi connectivity index (χ4v) is 2.66. The van der Waals surface area contributed by atoms with Crippen molar-refractivity contribution in [3.63, 3.8) is 0 Å². The van der Waals surface area contributed by atoms with E-state index < -0.39 is 0 Å². The Morgan fingerprint density at radius 2 is 1.67 bits per heavy atom. The highest BCUT2D eigenvalue weighted by Gasteiger charge is 2.34. The average molecular weight is 191 g/mol. The predicted molar refractivity (Wildman–Crippen MR) is 53.6 cm³/mol. The van der Waals surface area contributed by atoms with Crippen LogP contribution in [0.2, 0.25) is 0 Å². The number of piperidine rings is 2. The fourth-order valence-electron chi connectivity index (χ4n) is 2.66. The van der Waals surface area contributed by atoms with Crippen molar-refractivity contribution >= 4 is 12.4 Å². The zero-order valence-corrected chi connectivity index (χ0v) is 8.52. The van der Waals surface area contributed by atoms with Crippen molar-refractivity contribution in [2.45, 2.75) is 50.2 Å². The molecule has 2 saturated heterocycles. The molecule has 2 fully saturated rings. The lowest BCUT2D eigenvalue weighted by Gasteiger charge is -2.46. The van der Waals surface area contributed by atoms with Gasteiger partial charge in [-0.3, -0.25) is 0 Å². The summed E-state index contributed by atoms with van der Waals surface area (Å²) in [6, 6.07) is 2.09. The van der Waals surface area contributed by atoms with Gasteiger partial charge in [0, 0.05) is 18.1 Å². The molecule has 0 radical (unpaired) electrons. The molecule has 0 amide bonds. The van der Waals surface area contributed by atoms with Gasteiger partial charge < -0.3 is 10.6 Å². The van der Waals surface area contributed by atoms with Gasteiger partial charge in [-0.05, 0) is 32.7 Å². The van der Waals surface area contributed by atoms with Gasteiger partial charge >= 0.3 is 0 Å². The first-order valence-corrected chi connectivity index (χ1v) is 4.75. The first kappa shape index (κ1) is 10.3. The van der Waals surface area contributed by atoms with E-state index in [0.29, 0.717) is 6.04 Å². The maximum Gasteiger partial charge on any atom is 0.0110 e. The van der Waals surface area contributed by atoms with E-state index >= 15 is 0 Å². The smallest absolute Gasteiger partial charge is 0.0110 e. The fraction of sp³-hybridized carbons (Fsp3) is 1.00. The average Bonchev–Trinajstić information content (AvgIpc) is 1.92. The van der Waals surface area contributed by atoms with E-state index in [4.69, 9.17) is 5.73 Å². The molecule has 3 heteroatoms. The van der Waals surface area contributed by atoms with Crippen LogP contribution in [0.3, 0.4) is 0 Å². The molecular formula is C9H19ClN2. The van der Waals surface area contributed by atoms with E-state index in [-0.39, 0.29) is 12.4 Å². The third-order valence-electron chi connectivity index (χ3n) is 3.38. The van der Waals surface area contributed by atoms with Gasteiger partial charge in [0.05, 0.1) is 0 Å². The summed E-state index contributed by atoms with van der Waals surface area (Å²) in [6.07, 6.45) is 6.63. The van der Waals surface area contributed by atoms with Gasteiger partial charge in [-0.15, -0.1) is 12.4 Å². The van der Waals surface area contributed by atoms with Gasteiger partial charge in [-0.25, -0.2) is 0 Å². The summed E-state index contributed by atoms with van der Waals surface area (Å²) in [7, 11) is 2.26. The number of nitrogens with zero attached hydrogens (tertiary/aromatic N) is 1. The van der Waals surface area contributed by atoms with E-state index in [2.05, 4.69) is 11.9 Å². The number of halogens is 1. The van der Waals surface area contributed by atoms with E-state index in [9.17, 15) is 0 Å². The normalized spacial score (nSPS) is 42.0. The van der Waals surface area contributed by atoms with Crippen molar-refractivity contribution in [2.24, 2.45) is 5.73 Å². The molecule has 0 aromatic heterocycles. The molecule has 0 spiro atoms. The molecule has 2 aliphatic heterocycles. The Hall–Kier alpha value is 0.210. The number of hydrogen-bond donors (Lipinski definition) is 1. The summed E-state index contributed by atoms with van der Waals surface area (Å²) in [5.41, 5.74) is 5.96. The largest absolute Gasteiger partial charge is 0.328 e. The van der Waals surface area contributed by atoms with Crippen molar-refractivity contribution in [1.82, 2.24) is 4.90 Å². The SMILES string of the molecule is CN1[C@@H]2CCC[C@H]1CC(N)C2.Cl. The summed E-state index contributed by atoms with van der Waals surface area (Å²) < 4.78 is 0. The molecule has 1 unspecified atom stereocenters. The van der Waals surface area contributed by atoms with Gasteiger partial charge in [-0.2, -0.15) is 0 Å². The Morgan fingerprint density at radius 3 is 2.17 bits per heavy atom. The molecule has 0 aromatic carbocycles. The molecular weight excluding hydrogens is 172 g/mol. The van der Waals surface area contributed by atoms with Gasteiger partial charge in [-0.1, -0.05) is 6.42 Å². The molecule has 2 nitrogen and oxygen atoms in total. The van der Waals surface area contributed by atoms with Crippen molar-refractivity contribution in [1.29, 1.82) is 0 Å². The van der Waals surface area contributed by atoms with Crippen LogP contribution >= 0.6 is 12.4 Å². The second kappa shape index (κ2) is 3.95. The standard InChI is InChI=1S/C9H18N2.ClH/c1-11-8-3-2-4-9(11)6-7(10)5-8;/h7-9H,2-6,10H2,1H3;1H/t7?,8-,9+;. The molecule has 2 heterocycles. The van der Waals surface area contributed by atoms with Crippen molar-refractivity contribution in [2.75, 3.05) is 7.05 Å². The second-order valence-corrected chi connectivity index (χ2v) is 4.14. The van der Waals surface area contributed by atoms with Crippen molar-refractivity contribution < 1.29 is 0 Å². The number of hydrogen-bond acceptors (Lipinski definition) is 2. The summed E-state index contributed by atoms with van der Waals surface area (Å²) >= 11 is 0. The van der Waals surface area contributed by atoms with Crippen molar-refractivity contribution in [3.05, 3.63) is 0 Å². The number of fused-ring (bicyclic) bond motifs is 2. The third kappa shape index (κ3) is 1.76. The summed E-state index contributed by atoms with van der Waals surface area (Å²) in [6.45, 7) is 0. The molecule has 2 bridgehead atoms. The summed E-state index contributed by atoms with van der Waals surface area (Å²) in [5.74, 6) is 0. The molecule has 0 saturated carbocycles. The third-order valence-corrected chi connectivity index (χ3v) is 3.38. The highest BCUT2D eigenvalue weighted by molar-refractivity contribution is 5.85.